The minimum atomic E-state index is 0.0873. The van der Waals surface area contributed by atoms with Gasteiger partial charge in [0.2, 0.25) is 5.91 Å². The number of likely N-dealkylation sites (tertiary alicyclic amines) is 1. The fraction of sp³-hybridized carbons (Fsp3) is 0.360. The molecule has 0 N–H and O–H groups in total. The normalized spacial score (nSPS) is 17.9. The zero-order valence-electron chi connectivity index (χ0n) is 18.0. The Morgan fingerprint density at radius 3 is 2.78 bits per heavy atom. The molecule has 0 saturated carbocycles. The van der Waals surface area contributed by atoms with Crippen LogP contribution in [-0.2, 0) is 11.3 Å². The molecule has 1 aromatic heterocycles. The highest BCUT2D eigenvalue weighted by Crippen LogP contribution is 2.38. The Labute approximate surface area is 192 Å². The second-order valence-electron chi connectivity index (χ2n) is 8.11. The molecular weight excluding hydrogens is 422 g/mol. The Balaban J connectivity index is 1.24. The summed E-state index contributed by atoms with van der Waals surface area (Å²) in [4.78, 5) is 19.6. The average molecular weight is 450 g/mol. The largest absolute Gasteiger partial charge is 0.490 e. The summed E-state index contributed by atoms with van der Waals surface area (Å²) < 4.78 is 13.7. The number of imidazole rings is 1. The second-order valence-corrected chi connectivity index (χ2v) is 9.06. The van der Waals surface area contributed by atoms with Gasteiger partial charge in [-0.1, -0.05) is 48.2 Å². The van der Waals surface area contributed by atoms with Crippen LogP contribution in [0, 0.1) is 0 Å². The van der Waals surface area contributed by atoms with E-state index < -0.39 is 0 Å². The molecule has 1 amide bonds. The van der Waals surface area contributed by atoms with Crippen molar-refractivity contribution in [3.8, 4) is 11.5 Å². The summed E-state index contributed by atoms with van der Waals surface area (Å²) in [6, 6.07) is 16.5. The molecule has 1 fully saturated rings. The molecule has 6 nitrogen and oxygen atoms in total. The van der Waals surface area contributed by atoms with Gasteiger partial charge in [0.05, 0.1) is 25.0 Å². The van der Waals surface area contributed by atoms with Gasteiger partial charge in [-0.3, -0.25) is 4.79 Å². The Hall–Kier alpha value is -2.93. The summed E-state index contributed by atoms with van der Waals surface area (Å²) in [5.41, 5.74) is 2.34. The van der Waals surface area contributed by atoms with E-state index in [0.29, 0.717) is 19.0 Å². The summed E-state index contributed by atoms with van der Waals surface area (Å²) in [5, 5.41) is 0.869. The Morgan fingerprint density at radius 1 is 1.06 bits per heavy atom. The van der Waals surface area contributed by atoms with Gasteiger partial charge in [0.1, 0.15) is 0 Å². The van der Waals surface area contributed by atoms with E-state index in [2.05, 4.69) is 33.8 Å². The third-order valence-electron chi connectivity index (χ3n) is 5.93. The van der Waals surface area contributed by atoms with E-state index in [1.165, 1.54) is 17.3 Å². The first-order valence-electron chi connectivity index (χ1n) is 11.1. The lowest BCUT2D eigenvalue weighted by molar-refractivity contribution is -0.129. The first-order valence-corrected chi connectivity index (χ1v) is 12.1. The SMILES string of the molecule is O=C(CSc1nccn1Cc1ccccc1)N1CCC[C@H]1c1ccc2c(c1)OCCCO2. The van der Waals surface area contributed by atoms with Gasteiger partial charge in [-0.2, -0.15) is 0 Å². The van der Waals surface area contributed by atoms with Crippen LogP contribution in [0.1, 0.15) is 36.4 Å². The summed E-state index contributed by atoms with van der Waals surface area (Å²) in [5.74, 6) is 2.12. The van der Waals surface area contributed by atoms with Crippen LogP contribution in [0.2, 0.25) is 0 Å². The molecule has 166 valence electrons. The highest BCUT2D eigenvalue weighted by atomic mass is 32.2. The van der Waals surface area contributed by atoms with Gasteiger partial charge in [0.15, 0.2) is 16.7 Å². The molecule has 2 aliphatic heterocycles. The molecule has 2 aliphatic rings. The molecule has 3 heterocycles. The number of hydrogen-bond donors (Lipinski definition) is 0. The Morgan fingerprint density at radius 2 is 1.91 bits per heavy atom. The van der Waals surface area contributed by atoms with Gasteiger partial charge >= 0.3 is 0 Å². The molecule has 0 spiro atoms. The molecule has 0 radical (unpaired) electrons. The predicted octanol–water partition coefficient (Wildman–Crippen LogP) is 4.55. The smallest absolute Gasteiger partial charge is 0.233 e. The molecule has 5 rings (SSSR count). The maximum absolute atomic E-state index is 13.1. The first kappa shape index (κ1) is 20.9. The van der Waals surface area contributed by atoms with Crippen LogP contribution in [0.3, 0.4) is 0 Å². The van der Waals surface area contributed by atoms with Crippen molar-refractivity contribution in [1.29, 1.82) is 0 Å². The minimum absolute atomic E-state index is 0.0873. The lowest BCUT2D eigenvalue weighted by atomic mass is 10.0. The number of rotatable bonds is 6. The topological polar surface area (TPSA) is 56.6 Å². The standard InChI is InChI=1S/C25H27N3O3S/c29-24(18-32-25-26-11-13-27(25)17-19-6-2-1-3-7-19)28-12-4-8-21(28)20-9-10-22-23(16-20)31-15-5-14-30-22/h1-3,6-7,9-11,13,16,21H,4-5,8,12,14-15,17-18H2/t21-/m0/s1. The lowest BCUT2D eigenvalue weighted by Gasteiger charge is -2.25. The van der Waals surface area contributed by atoms with Gasteiger partial charge in [0.25, 0.3) is 0 Å². The van der Waals surface area contributed by atoms with Crippen molar-refractivity contribution in [1.82, 2.24) is 14.5 Å². The van der Waals surface area contributed by atoms with Crippen LogP contribution in [0.15, 0.2) is 66.1 Å². The molecule has 1 atom stereocenters. The highest BCUT2D eigenvalue weighted by Gasteiger charge is 2.31. The lowest BCUT2D eigenvalue weighted by Crippen LogP contribution is -2.32. The van der Waals surface area contributed by atoms with Crippen molar-refractivity contribution in [2.75, 3.05) is 25.5 Å². The van der Waals surface area contributed by atoms with Crippen LogP contribution >= 0.6 is 11.8 Å². The number of nitrogens with zero attached hydrogens (tertiary/aromatic N) is 3. The summed E-state index contributed by atoms with van der Waals surface area (Å²) in [6.45, 7) is 2.88. The molecule has 0 bridgehead atoms. The van der Waals surface area contributed by atoms with Gasteiger partial charge < -0.3 is 18.9 Å². The van der Waals surface area contributed by atoms with Crippen molar-refractivity contribution in [2.24, 2.45) is 0 Å². The molecule has 1 saturated heterocycles. The zero-order valence-corrected chi connectivity index (χ0v) is 18.8. The van der Waals surface area contributed by atoms with Gasteiger partial charge in [-0.25, -0.2) is 4.98 Å². The van der Waals surface area contributed by atoms with E-state index in [1.807, 2.05) is 35.4 Å². The number of fused-ring (bicyclic) bond motifs is 1. The van der Waals surface area contributed by atoms with E-state index in [4.69, 9.17) is 9.47 Å². The number of aromatic nitrogens is 2. The second kappa shape index (κ2) is 9.69. The van der Waals surface area contributed by atoms with E-state index in [-0.39, 0.29) is 11.9 Å². The number of carbonyl (C=O) groups excluding carboxylic acids is 1. The Kier molecular flexibility index (Phi) is 6.34. The third-order valence-corrected chi connectivity index (χ3v) is 6.92. The van der Waals surface area contributed by atoms with Crippen LogP contribution in [-0.4, -0.2) is 45.9 Å². The predicted molar refractivity (Wildman–Crippen MR) is 124 cm³/mol. The number of amides is 1. The third kappa shape index (κ3) is 4.63. The number of thioether (sulfide) groups is 1. The van der Waals surface area contributed by atoms with Gasteiger partial charge in [-0.05, 0) is 36.1 Å². The molecule has 3 aromatic rings. The maximum atomic E-state index is 13.1. The monoisotopic (exact) mass is 449 g/mol. The summed E-state index contributed by atoms with van der Waals surface area (Å²) in [6.07, 6.45) is 6.63. The van der Waals surface area contributed by atoms with Crippen molar-refractivity contribution in [3.05, 3.63) is 72.1 Å². The number of carbonyl (C=O) groups is 1. The molecule has 0 aliphatic carbocycles. The molecular formula is C25H27N3O3S. The van der Waals surface area contributed by atoms with E-state index in [1.54, 1.807) is 6.20 Å². The van der Waals surface area contributed by atoms with E-state index in [0.717, 1.165) is 54.6 Å². The molecule has 32 heavy (non-hydrogen) atoms. The number of benzene rings is 2. The van der Waals surface area contributed by atoms with Crippen LogP contribution in [0.4, 0.5) is 0 Å². The molecule has 7 heteroatoms. The zero-order chi connectivity index (χ0) is 21.8. The van der Waals surface area contributed by atoms with E-state index in [9.17, 15) is 4.79 Å². The fourth-order valence-electron chi connectivity index (χ4n) is 4.34. The number of hydrogen-bond acceptors (Lipinski definition) is 5. The summed E-state index contributed by atoms with van der Waals surface area (Å²) >= 11 is 1.51. The van der Waals surface area contributed by atoms with Gasteiger partial charge in [-0.15, -0.1) is 0 Å². The Bertz CT molecular complexity index is 1070. The molecule has 2 aromatic carbocycles. The molecule has 0 unspecified atom stereocenters. The van der Waals surface area contributed by atoms with Crippen molar-refractivity contribution in [2.45, 2.75) is 37.0 Å². The quantitative estimate of drug-likeness (QED) is 0.517. The van der Waals surface area contributed by atoms with E-state index >= 15 is 0 Å². The van der Waals surface area contributed by atoms with Crippen molar-refractivity contribution in [3.63, 3.8) is 0 Å². The van der Waals surface area contributed by atoms with Gasteiger partial charge in [0, 0.05) is 31.9 Å². The first-order chi connectivity index (χ1) is 15.8. The van der Waals surface area contributed by atoms with Crippen molar-refractivity contribution < 1.29 is 14.3 Å². The highest BCUT2D eigenvalue weighted by molar-refractivity contribution is 7.99. The fourth-order valence-corrected chi connectivity index (χ4v) is 5.19. The minimum Gasteiger partial charge on any atom is -0.490 e. The van der Waals surface area contributed by atoms with Crippen LogP contribution in [0.25, 0.3) is 0 Å². The summed E-state index contributed by atoms with van der Waals surface area (Å²) in [7, 11) is 0. The van der Waals surface area contributed by atoms with Crippen molar-refractivity contribution >= 4 is 17.7 Å². The van der Waals surface area contributed by atoms with Crippen LogP contribution < -0.4 is 9.47 Å². The maximum Gasteiger partial charge on any atom is 0.233 e. The number of ether oxygens (including phenoxy) is 2. The van der Waals surface area contributed by atoms with Crippen LogP contribution in [0.5, 0.6) is 11.5 Å². The average Bonchev–Trinajstić information content (AvgIpc) is 3.42.